The molecular formula is C28H32N4O4S. The average molecular weight is 521 g/mol. The van der Waals surface area contributed by atoms with Crippen molar-refractivity contribution in [3.63, 3.8) is 0 Å². The van der Waals surface area contributed by atoms with Gasteiger partial charge in [0.25, 0.3) is 5.56 Å². The maximum atomic E-state index is 12.4. The van der Waals surface area contributed by atoms with Crippen LogP contribution in [0.25, 0.3) is 21.0 Å². The van der Waals surface area contributed by atoms with Crippen LogP contribution < -0.4 is 20.5 Å². The maximum absolute atomic E-state index is 12.4. The first-order valence-electron chi connectivity index (χ1n) is 12.8. The summed E-state index contributed by atoms with van der Waals surface area (Å²) in [5.74, 6) is 0.623. The zero-order chi connectivity index (χ0) is 25.6. The molecule has 0 atom stereocenters. The van der Waals surface area contributed by atoms with Gasteiger partial charge in [0, 0.05) is 60.6 Å². The zero-order valence-corrected chi connectivity index (χ0v) is 21.6. The van der Waals surface area contributed by atoms with E-state index >= 15 is 0 Å². The Kier molecular flexibility index (Phi) is 8.03. The molecule has 1 aliphatic rings. The quantitative estimate of drug-likeness (QED) is 0.327. The Morgan fingerprint density at radius 1 is 1.03 bits per heavy atom. The van der Waals surface area contributed by atoms with E-state index in [-0.39, 0.29) is 13.2 Å². The highest BCUT2D eigenvalue weighted by Crippen LogP contribution is 2.31. The molecule has 3 heterocycles. The number of nitrogens with one attached hydrogen (secondary N) is 1. The molecule has 4 aromatic rings. The highest BCUT2D eigenvalue weighted by atomic mass is 32.1. The van der Waals surface area contributed by atoms with Gasteiger partial charge in [-0.05, 0) is 66.6 Å². The molecule has 1 saturated heterocycles. The van der Waals surface area contributed by atoms with Crippen molar-refractivity contribution in [2.75, 3.05) is 57.4 Å². The van der Waals surface area contributed by atoms with Crippen LogP contribution in [0.4, 0.5) is 10.5 Å². The van der Waals surface area contributed by atoms with Crippen LogP contribution in [0.2, 0.25) is 0 Å². The van der Waals surface area contributed by atoms with Crippen LogP contribution in [0, 0.1) is 0 Å². The van der Waals surface area contributed by atoms with E-state index in [0.29, 0.717) is 17.9 Å². The minimum Gasteiger partial charge on any atom is -0.494 e. The molecule has 37 heavy (non-hydrogen) atoms. The van der Waals surface area contributed by atoms with E-state index in [1.807, 2.05) is 12.1 Å². The third kappa shape index (κ3) is 5.79. The van der Waals surface area contributed by atoms with Crippen LogP contribution in [0.5, 0.6) is 5.75 Å². The number of unbranched alkanes of at least 4 members (excludes halogenated alkanes) is 1. The normalized spacial score (nSPS) is 14.4. The monoisotopic (exact) mass is 520 g/mol. The van der Waals surface area contributed by atoms with E-state index < -0.39 is 11.6 Å². The highest BCUT2D eigenvalue weighted by Gasteiger charge is 2.18. The van der Waals surface area contributed by atoms with Gasteiger partial charge in [0.2, 0.25) is 0 Å². The van der Waals surface area contributed by atoms with Crippen LogP contribution in [0.1, 0.15) is 12.8 Å². The predicted molar refractivity (Wildman–Crippen MR) is 149 cm³/mol. The number of carbonyl (C=O) groups is 1. The van der Waals surface area contributed by atoms with Crippen LogP contribution in [-0.4, -0.2) is 73.1 Å². The number of fused-ring (bicyclic) bond motifs is 2. The Balaban J connectivity index is 1.10. The van der Waals surface area contributed by atoms with E-state index in [4.69, 9.17) is 9.84 Å². The van der Waals surface area contributed by atoms with Gasteiger partial charge in [-0.1, -0.05) is 6.07 Å². The molecule has 0 spiro atoms. The van der Waals surface area contributed by atoms with Crippen LogP contribution >= 0.6 is 11.3 Å². The van der Waals surface area contributed by atoms with Gasteiger partial charge >= 0.3 is 6.03 Å². The molecule has 0 bridgehead atoms. The minimum atomic E-state index is -0.561. The Hall–Kier alpha value is -3.40. The number of anilines is 1. The fourth-order valence-electron chi connectivity index (χ4n) is 4.85. The van der Waals surface area contributed by atoms with Crippen molar-refractivity contribution >= 4 is 44.0 Å². The maximum Gasteiger partial charge on any atom is 0.329 e. The summed E-state index contributed by atoms with van der Waals surface area (Å²) < 4.78 is 8.38. The van der Waals surface area contributed by atoms with E-state index in [9.17, 15) is 9.59 Å². The molecule has 5 rings (SSSR count). The van der Waals surface area contributed by atoms with Gasteiger partial charge in [-0.3, -0.25) is 9.69 Å². The van der Waals surface area contributed by atoms with E-state index in [0.717, 1.165) is 55.5 Å². The first-order chi connectivity index (χ1) is 18.1. The van der Waals surface area contributed by atoms with Crippen molar-refractivity contribution in [2.45, 2.75) is 12.8 Å². The molecule has 2 aromatic heterocycles. The number of hydrogen-bond donors (Lipinski definition) is 2. The summed E-state index contributed by atoms with van der Waals surface area (Å²) in [4.78, 5) is 29.8. The molecule has 1 fully saturated rings. The summed E-state index contributed by atoms with van der Waals surface area (Å²) in [6.07, 6.45) is 1.97. The van der Waals surface area contributed by atoms with Crippen LogP contribution in [0.3, 0.4) is 0 Å². The summed E-state index contributed by atoms with van der Waals surface area (Å²) in [6, 6.07) is 16.7. The summed E-state index contributed by atoms with van der Waals surface area (Å²) in [5, 5.41) is 15.8. The molecule has 2 N–H and O–H groups in total. The lowest BCUT2D eigenvalue weighted by atomic mass is 10.2. The number of hydrogen-bond acceptors (Lipinski definition) is 7. The molecule has 0 aliphatic carbocycles. The smallest absolute Gasteiger partial charge is 0.329 e. The van der Waals surface area contributed by atoms with Crippen LogP contribution in [-0.2, 0) is 0 Å². The second kappa shape index (κ2) is 11.8. The molecule has 194 valence electrons. The van der Waals surface area contributed by atoms with E-state index in [2.05, 4.69) is 44.8 Å². The SMILES string of the molecule is O=C(NCCO)n1c(=O)ccc2ccc(OCCCCN3CCN(c4cccc5sccc45)CC3)cc21. The summed E-state index contributed by atoms with van der Waals surface area (Å²) in [6.45, 7) is 5.69. The van der Waals surface area contributed by atoms with Gasteiger partial charge in [-0.25, -0.2) is 9.36 Å². The number of pyridine rings is 1. The molecule has 2 aromatic carbocycles. The number of carbonyl (C=O) groups excluding carboxylic acids is 1. The lowest BCUT2D eigenvalue weighted by Gasteiger charge is -2.36. The molecule has 0 saturated carbocycles. The Morgan fingerprint density at radius 3 is 2.70 bits per heavy atom. The van der Waals surface area contributed by atoms with Crippen molar-refractivity contribution < 1.29 is 14.6 Å². The molecule has 1 aliphatic heterocycles. The van der Waals surface area contributed by atoms with Crippen molar-refractivity contribution in [1.82, 2.24) is 14.8 Å². The Labute approximate surface area is 219 Å². The standard InChI is InChI=1S/C28H32N4O4S/c33-17-11-29-28(35)32-25-20-22(8-6-21(25)7-9-27(32)34)36-18-2-1-12-30-13-15-31(16-14-30)24-4-3-5-26-23(24)10-19-37-26/h3-10,19-20,33H,1-2,11-18H2,(H,29,35). The predicted octanol–water partition coefficient (Wildman–Crippen LogP) is 3.75. The number of amides is 1. The highest BCUT2D eigenvalue weighted by molar-refractivity contribution is 7.17. The van der Waals surface area contributed by atoms with Gasteiger partial charge in [-0.15, -0.1) is 11.3 Å². The third-order valence-corrected chi connectivity index (χ3v) is 7.67. The van der Waals surface area contributed by atoms with Gasteiger partial charge in [-0.2, -0.15) is 0 Å². The van der Waals surface area contributed by atoms with E-state index in [1.165, 1.54) is 21.8 Å². The number of aromatic nitrogens is 1. The number of nitrogens with zero attached hydrogens (tertiary/aromatic N) is 3. The minimum absolute atomic E-state index is 0.0810. The molecule has 0 radical (unpaired) electrons. The first kappa shape index (κ1) is 25.3. The fraction of sp³-hybridized carbons (Fsp3) is 0.357. The molecular weight excluding hydrogens is 488 g/mol. The molecule has 8 nitrogen and oxygen atoms in total. The zero-order valence-electron chi connectivity index (χ0n) is 20.8. The third-order valence-electron chi connectivity index (χ3n) is 6.78. The summed E-state index contributed by atoms with van der Waals surface area (Å²) in [5.41, 5.74) is 1.40. The molecule has 1 amide bonds. The fourth-order valence-corrected chi connectivity index (χ4v) is 5.65. The van der Waals surface area contributed by atoms with Gasteiger partial charge < -0.3 is 20.1 Å². The van der Waals surface area contributed by atoms with Gasteiger partial charge in [0.1, 0.15) is 5.75 Å². The Bertz CT molecular complexity index is 1420. The molecule has 0 unspecified atom stereocenters. The number of ether oxygens (including phenoxy) is 1. The van der Waals surface area contributed by atoms with Gasteiger partial charge in [0.15, 0.2) is 0 Å². The first-order valence-corrected chi connectivity index (χ1v) is 13.6. The number of benzene rings is 2. The van der Waals surface area contributed by atoms with Gasteiger partial charge in [0.05, 0.1) is 18.7 Å². The topological polar surface area (TPSA) is 87.0 Å². The second-order valence-electron chi connectivity index (χ2n) is 9.18. The van der Waals surface area contributed by atoms with Crippen molar-refractivity contribution in [3.8, 4) is 5.75 Å². The second-order valence-corrected chi connectivity index (χ2v) is 10.1. The van der Waals surface area contributed by atoms with Crippen molar-refractivity contribution in [2.24, 2.45) is 0 Å². The summed E-state index contributed by atoms with van der Waals surface area (Å²) in [7, 11) is 0. The number of aliphatic hydroxyl groups excluding tert-OH is 1. The van der Waals surface area contributed by atoms with Crippen molar-refractivity contribution in [3.05, 3.63) is 70.3 Å². The summed E-state index contributed by atoms with van der Waals surface area (Å²) >= 11 is 1.80. The number of thiophene rings is 1. The lowest BCUT2D eigenvalue weighted by Crippen LogP contribution is -2.46. The average Bonchev–Trinajstić information content (AvgIpc) is 3.41. The molecule has 9 heteroatoms. The number of aliphatic hydroxyl groups is 1. The Morgan fingerprint density at radius 2 is 1.86 bits per heavy atom. The number of piperazine rings is 1. The lowest BCUT2D eigenvalue weighted by molar-refractivity contribution is 0.235. The number of rotatable bonds is 9. The van der Waals surface area contributed by atoms with Crippen molar-refractivity contribution in [1.29, 1.82) is 0 Å². The van der Waals surface area contributed by atoms with Crippen LogP contribution in [0.15, 0.2) is 64.8 Å². The largest absolute Gasteiger partial charge is 0.494 e. The van der Waals surface area contributed by atoms with E-state index in [1.54, 1.807) is 23.5 Å².